The number of carbonyl (C=O) groups is 1. The van der Waals surface area contributed by atoms with E-state index in [1.54, 1.807) is 4.90 Å². The van der Waals surface area contributed by atoms with E-state index in [2.05, 4.69) is 15.6 Å². The Hall–Kier alpha value is -0.580. The Morgan fingerprint density at radius 3 is 2.18 bits per heavy atom. The van der Waals surface area contributed by atoms with Crippen molar-refractivity contribution in [2.24, 2.45) is 4.99 Å². The van der Waals surface area contributed by atoms with Gasteiger partial charge in [0.2, 0.25) is 5.91 Å². The minimum absolute atomic E-state index is 0. The van der Waals surface area contributed by atoms with Crippen molar-refractivity contribution in [1.82, 2.24) is 15.5 Å². The van der Waals surface area contributed by atoms with E-state index in [4.69, 9.17) is 0 Å². The van der Waals surface area contributed by atoms with Crippen LogP contribution >= 0.6 is 24.0 Å². The summed E-state index contributed by atoms with van der Waals surface area (Å²) in [7, 11) is -3.01. The molecule has 0 heterocycles. The number of aliphatic imine (C=N–C) groups is 1. The van der Waals surface area contributed by atoms with Crippen LogP contribution in [0.2, 0.25) is 0 Å². The third kappa shape index (κ3) is 12.0. The highest BCUT2D eigenvalue weighted by molar-refractivity contribution is 14.0. The molecule has 0 spiro atoms. The van der Waals surface area contributed by atoms with Gasteiger partial charge in [0.05, 0.1) is 12.3 Å². The van der Waals surface area contributed by atoms with Gasteiger partial charge in [0.15, 0.2) is 5.96 Å². The number of carbonyl (C=O) groups excluding carboxylic acids is 1. The van der Waals surface area contributed by atoms with Crippen LogP contribution in [-0.2, 0) is 14.6 Å². The van der Waals surface area contributed by atoms with E-state index in [0.29, 0.717) is 38.6 Å². The van der Waals surface area contributed by atoms with E-state index < -0.39 is 9.84 Å². The highest BCUT2D eigenvalue weighted by atomic mass is 127. The fourth-order valence-electron chi connectivity index (χ4n) is 1.69. The normalized spacial score (nSPS) is 11.5. The Balaban J connectivity index is 0. The molecule has 0 bridgehead atoms. The largest absolute Gasteiger partial charge is 0.357 e. The Morgan fingerprint density at radius 1 is 1.14 bits per heavy atom. The van der Waals surface area contributed by atoms with E-state index in [0.717, 1.165) is 0 Å². The molecule has 0 aromatic carbocycles. The van der Waals surface area contributed by atoms with Crippen LogP contribution in [-0.4, -0.2) is 69.9 Å². The van der Waals surface area contributed by atoms with Gasteiger partial charge in [-0.3, -0.25) is 9.79 Å². The molecule has 0 aromatic heterocycles. The number of nitrogens with one attached hydrogen (secondary N) is 2. The van der Waals surface area contributed by atoms with Crippen molar-refractivity contribution < 1.29 is 13.2 Å². The van der Waals surface area contributed by atoms with Crippen molar-refractivity contribution in [2.75, 3.05) is 44.7 Å². The van der Waals surface area contributed by atoms with E-state index in [9.17, 15) is 13.2 Å². The maximum absolute atomic E-state index is 11.8. The fraction of sp³-hybridized carbons (Fsp3) is 0.846. The Bertz CT molecular complexity index is 437. The summed E-state index contributed by atoms with van der Waals surface area (Å²) < 4.78 is 22.1. The number of halogens is 1. The number of amides is 1. The van der Waals surface area contributed by atoms with Gasteiger partial charge in [-0.25, -0.2) is 8.42 Å². The second-order valence-electron chi connectivity index (χ2n) is 4.63. The van der Waals surface area contributed by atoms with Crippen molar-refractivity contribution >= 4 is 45.7 Å². The molecule has 0 unspecified atom stereocenters. The molecule has 0 saturated carbocycles. The van der Waals surface area contributed by atoms with E-state index in [1.165, 1.54) is 6.26 Å². The predicted molar refractivity (Wildman–Crippen MR) is 102 cm³/mol. The molecule has 0 saturated heterocycles. The molecular weight excluding hydrogens is 419 g/mol. The first kappa shape index (κ1) is 23.7. The lowest BCUT2D eigenvalue weighted by Crippen LogP contribution is -2.40. The molecule has 132 valence electrons. The predicted octanol–water partition coefficient (Wildman–Crippen LogP) is 0.463. The fourth-order valence-corrected chi connectivity index (χ4v) is 2.11. The molecule has 7 nitrogen and oxygen atoms in total. The summed E-state index contributed by atoms with van der Waals surface area (Å²) in [6.45, 7) is 8.59. The molecule has 0 aromatic rings. The quantitative estimate of drug-likeness (QED) is 0.304. The van der Waals surface area contributed by atoms with Crippen molar-refractivity contribution in [3.8, 4) is 0 Å². The smallest absolute Gasteiger partial charge is 0.224 e. The maximum Gasteiger partial charge on any atom is 0.224 e. The SMILES string of the molecule is CCNC(=NCCS(C)(=O)=O)NCCC(=O)N(CC)CC.I. The Kier molecular flexibility index (Phi) is 13.9. The average Bonchev–Trinajstić information content (AvgIpc) is 2.38. The van der Waals surface area contributed by atoms with Crippen LogP contribution in [0.3, 0.4) is 0 Å². The lowest BCUT2D eigenvalue weighted by molar-refractivity contribution is -0.130. The van der Waals surface area contributed by atoms with Gasteiger partial charge in [-0.15, -0.1) is 24.0 Å². The van der Waals surface area contributed by atoms with Crippen molar-refractivity contribution in [1.29, 1.82) is 0 Å². The zero-order valence-corrected chi connectivity index (χ0v) is 17.0. The number of hydrogen-bond donors (Lipinski definition) is 2. The van der Waals surface area contributed by atoms with Crippen LogP contribution in [0, 0.1) is 0 Å². The number of hydrogen-bond acceptors (Lipinski definition) is 4. The molecule has 0 aliphatic rings. The molecule has 9 heteroatoms. The lowest BCUT2D eigenvalue weighted by Gasteiger charge is -2.19. The number of rotatable bonds is 9. The number of sulfone groups is 1. The molecule has 0 fully saturated rings. The first-order chi connectivity index (χ1) is 9.84. The second-order valence-corrected chi connectivity index (χ2v) is 6.89. The summed E-state index contributed by atoms with van der Waals surface area (Å²) in [6.07, 6.45) is 1.57. The van der Waals surface area contributed by atoms with Gasteiger partial charge in [-0.05, 0) is 20.8 Å². The monoisotopic (exact) mass is 448 g/mol. The van der Waals surface area contributed by atoms with E-state index >= 15 is 0 Å². The first-order valence-corrected chi connectivity index (χ1v) is 9.37. The molecule has 0 rings (SSSR count). The summed E-state index contributed by atoms with van der Waals surface area (Å²) in [6, 6.07) is 0. The van der Waals surface area contributed by atoms with Gasteiger partial charge in [0.1, 0.15) is 9.84 Å². The van der Waals surface area contributed by atoms with Crippen LogP contribution in [0.5, 0.6) is 0 Å². The minimum atomic E-state index is -3.01. The third-order valence-electron chi connectivity index (χ3n) is 2.82. The van der Waals surface area contributed by atoms with Crippen LogP contribution in [0.1, 0.15) is 27.2 Å². The third-order valence-corrected chi connectivity index (χ3v) is 3.75. The maximum atomic E-state index is 11.8. The van der Waals surface area contributed by atoms with Gasteiger partial charge in [0.25, 0.3) is 0 Å². The van der Waals surface area contributed by atoms with Crippen LogP contribution in [0.4, 0.5) is 0 Å². The lowest BCUT2D eigenvalue weighted by atomic mass is 10.3. The van der Waals surface area contributed by atoms with Crippen molar-refractivity contribution in [3.63, 3.8) is 0 Å². The average molecular weight is 448 g/mol. The molecule has 22 heavy (non-hydrogen) atoms. The molecule has 0 aliphatic carbocycles. The zero-order chi connectivity index (χ0) is 16.3. The molecule has 0 radical (unpaired) electrons. The van der Waals surface area contributed by atoms with Gasteiger partial charge in [0, 0.05) is 38.9 Å². The summed E-state index contributed by atoms with van der Waals surface area (Å²) in [4.78, 5) is 17.8. The molecule has 0 atom stereocenters. The van der Waals surface area contributed by atoms with Gasteiger partial charge in [-0.2, -0.15) is 0 Å². The molecule has 2 N–H and O–H groups in total. The van der Waals surface area contributed by atoms with Crippen LogP contribution < -0.4 is 10.6 Å². The standard InChI is InChI=1S/C13H28N4O3S.HI/c1-5-14-13(16-10-11-21(4,19)20)15-9-8-12(18)17(6-2)7-3;/h5-11H2,1-4H3,(H2,14,15,16);1H. The second kappa shape index (κ2) is 12.9. The minimum Gasteiger partial charge on any atom is -0.357 e. The van der Waals surface area contributed by atoms with E-state index in [1.807, 2.05) is 20.8 Å². The molecular formula is C13H29IN4O3S. The highest BCUT2D eigenvalue weighted by Crippen LogP contribution is 1.92. The van der Waals surface area contributed by atoms with Crippen molar-refractivity contribution in [2.45, 2.75) is 27.2 Å². The molecule has 0 aliphatic heterocycles. The first-order valence-electron chi connectivity index (χ1n) is 7.31. The summed E-state index contributed by atoms with van der Waals surface area (Å²) in [5, 5.41) is 6.06. The Labute approximate surface area is 151 Å². The summed E-state index contributed by atoms with van der Waals surface area (Å²) in [5.74, 6) is 0.648. The molecule has 1 amide bonds. The van der Waals surface area contributed by atoms with E-state index in [-0.39, 0.29) is 42.2 Å². The number of nitrogens with zero attached hydrogens (tertiary/aromatic N) is 2. The van der Waals surface area contributed by atoms with Crippen LogP contribution in [0.25, 0.3) is 0 Å². The van der Waals surface area contributed by atoms with Gasteiger partial charge in [-0.1, -0.05) is 0 Å². The Morgan fingerprint density at radius 2 is 1.73 bits per heavy atom. The van der Waals surface area contributed by atoms with Crippen LogP contribution in [0.15, 0.2) is 4.99 Å². The zero-order valence-electron chi connectivity index (χ0n) is 13.9. The van der Waals surface area contributed by atoms with Crippen molar-refractivity contribution in [3.05, 3.63) is 0 Å². The highest BCUT2D eigenvalue weighted by Gasteiger charge is 2.09. The number of guanidine groups is 1. The topological polar surface area (TPSA) is 90.9 Å². The van der Waals surface area contributed by atoms with Gasteiger partial charge >= 0.3 is 0 Å². The summed E-state index contributed by atoms with van der Waals surface area (Å²) >= 11 is 0. The van der Waals surface area contributed by atoms with Gasteiger partial charge < -0.3 is 15.5 Å². The summed E-state index contributed by atoms with van der Waals surface area (Å²) in [5.41, 5.74) is 0.